The molecule has 0 spiro atoms. The summed E-state index contributed by atoms with van der Waals surface area (Å²) in [5, 5.41) is 6.79. The van der Waals surface area contributed by atoms with Crippen LogP contribution in [0.15, 0.2) is 18.2 Å². The van der Waals surface area contributed by atoms with E-state index in [1.807, 2.05) is 19.1 Å². The summed E-state index contributed by atoms with van der Waals surface area (Å²) in [5.74, 6) is 0. The number of urea groups is 1. The van der Waals surface area contributed by atoms with Crippen LogP contribution in [-0.2, 0) is 0 Å². The van der Waals surface area contributed by atoms with E-state index >= 15 is 0 Å². The number of rotatable bonds is 5. The molecule has 4 N–H and O–H groups in total. The van der Waals surface area contributed by atoms with Gasteiger partial charge in [-0.3, -0.25) is 0 Å². The van der Waals surface area contributed by atoms with Crippen molar-refractivity contribution in [3.63, 3.8) is 0 Å². The summed E-state index contributed by atoms with van der Waals surface area (Å²) in [6.07, 6.45) is 0. The standard InChI is InChI=1S/C11H15Cl2N3O/c1-7(15-5-6-16-11(14)17)8-3-2-4-9(12)10(8)13/h2-4,7,15H,5-6H2,1H3,(H3,14,16,17). The van der Waals surface area contributed by atoms with E-state index < -0.39 is 6.03 Å². The van der Waals surface area contributed by atoms with E-state index in [-0.39, 0.29) is 6.04 Å². The van der Waals surface area contributed by atoms with Gasteiger partial charge < -0.3 is 16.4 Å². The Morgan fingerprint density at radius 1 is 1.41 bits per heavy atom. The smallest absolute Gasteiger partial charge is 0.312 e. The molecule has 0 bridgehead atoms. The van der Waals surface area contributed by atoms with Crippen LogP contribution in [0.1, 0.15) is 18.5 Å². The first kappa shape index (κ1) is 14.1. The largest absolute Gasteiger partial charge is 0.352 e. The van der Waals surface area contributed by atoms with Crippen molar-refractivity contribution in [1.29, 1.82) is 0 Å². The molecule has 1 rings (SSSR count). The Labute approximate surface area is 110 Å². The van der Waals surface area contributed by atoms with Crippen molar-refractivity contribution >= 4 is 29.2 Å². The normalized spacial score (nSPS) is 12.2. The third-order valence-corrected chi connectivity index (χ3v) is 3.16. The molecule has 6 heteroatoms. The lowest BCUT2D eigenvalue weighted by molar-refractivity contribution is 0.249. The maximum absolute atomic E-state index is 10.5. The molecule has 0 saturated carbocycles. The van der Waals surface area contributed by atoms with Gasteiger partial charge in [0.15, 0.2) is 0 Å². The number of nitrogens with two attached hydrogens (primary N) is 1. The predicted molar refractivity (Wildman–Crippen MR) is 70.5 cm³/mol. The van der Waals surface area contributed by atoms with E-state index in [4.69, 9.17) is 28.9 Å². The van der Waals surface area contributed by atoms with Gasteiger partial charge in [0.25, 0.3) is 0 Å². The molecular weight excluding hydrogens is 261 g/mol. The van der Waals surface area contributed by atoms with Gasteiger partial charge in [0.1, 0.15) is 0 Å². The molecule has 1 unspecified atom stereocenters. The van der Waals surface area contributed by atoms with Gasteiger partial charge in [-0.15, -0.1) is 0 Å². The number of amides is 2. The molecule has 1 atom stereocenters. The summed E-state index contributed by atoms with van der Waals surface area (Å²) in [6.45, 7) is 3.05. The van der Waals surface area contributed by atoms with Gasteiger partial charge in [-0.05, 0) is 18.6 Å². The van der Waals surface area contributed by atoms with Gasteiger partial charge in [0, 0.05) is 19.1 Å². The second kappa shape index (κ2) is 6.69. The molecule has 0 aromatic heterocycles. The summed E-state index contributed by atoms with van der Waals surface area (Å²) in [5.41, 5.74) is 5.88. The summed E-state index contributed by atoms with van der Waals surface area (Å²) in [4.78, 5) is 10.5. The average Bonchev–Trinajstić information content (AvgIpc) is 2.27. The third kappa shape index (κ3) is 4.42. The first-order valence-electron chi connectivity index (χ1n) is 5.23. The van der Waals surface area contributed by atoms with E-state index in [2.05, 4.69) is 10.6 Å². The molecule has 1 aromatic carbocycles. The van der Waals surface area contributed by atoms with Crippen LogP contribution < -0.4 is 16.4 Å². The molecule has 0 radical (unpaired) electrons. The number of carbonyl (C=O) groups excluding carboxylic acids is 1. The van der Waals surface area contributed by atoms with Gasteiger partial charge in [-0.1, -0.05) is 35.3 Å². The number of primary amides is 1. The summed E-state index contributed by atoms with van der Waals surface area (Å²) in [7, 11) is 0. The van der Waals surface area contributed by atoms with E-state index in [0.29, 0.717) is 23.1 Å². The van der Waals surface area contributed by atoms with Gasteiger partial charge in [0.2, 0.25) is 0 Å². The van der Waals surface area contributed by atoms with Gasteiger partial charge in [-0.25, -0.2) is 4.79 Å². The van der Waals surface area contributed by atoms with Crippen molar-refractivity contribution in [1.82, 2.24) is 10.6 Å². The number of halogens is 2. The molecule has 0 aliphatic rings. The van der Waals surface area contributed by atoms with Crippen LogP contribution in [0.3, 0.4) is 0 Å². The lowest BCUT2D eigenvalue weighted by Gasteiger charge is -2.16. The van der Waals surface area contributed by atoms with Gasteiger partial charge in [0.05, 0.1) is 10.0 Å². The Morgan fingerprint density at radius 2 is 2.12 bits per heavy atom. The summed E-state index contributed by atoms with van der Waals surface area (Å²) in [6, 6.07) is 5.03. The van der Waals surface area contributed by atoms with Crippen molar-refractivity contribution in [3.8, 4) is 0 Å². The van der Waals surface area contributed by atoms with Crippen LogP contribution in [0.4, 0.5) is 4.79 Å². The van der Waals surface area contributed by atoms with E-state index in [9.17, 15) is 4.79 Å². The molecular formula is C11H15Cl2N3O. The van der Waals surface area contributed by atoms with Crippen molar-refractivity contribution in [2.75, 3.05) is 13.1 Å². The summed E-state index contributed by atoms with van der Waals surface area (Å²) >= 11 is 12.0. The van der Waals surface area contributed by atoms with Crippen molar-refractivity contribution in [2.24, 2.45) is 5.73 Å². The van der Waals surface area contributed by atoms with Crippen molar-refractivity contribution in [2.45, 2.75) is 13.0 Å². The Kier molecular flexibility index (Phi) is 5.55. The van der Waals surface area contributed by atoms with Crippen molar-refractivity contribution in [3.05, 3.63) is 33.8 Å². The van der Waals surface area contributed by atoms with Crippen LogP contribution in [0.25, 0.3) is 0 Å². The van der Waals surface area contributed by atoms with Crippen LogP contribution in [0, 0.1) is 0 Å². The second-order valence-corrected chi connectivity index (χ2v) is 4.40. The minimum Gasteiger partial charge on any atom is -0.352 e. The fraction of sp³-hybridized carbons (Fsp3) is 0.364. The molecule has 94 valence electrons. The fourth-order valence-corrected chi connectivity index (χ4v) is 1.91. The zero-order chi connectivity index (χ0) is 12.8. The molecule has 0 aliphatic heterocycles. The Balaban J connectivity index is 2.49. The number of hydrogen-bond donors (Lipinski definition) is 3. The number of nitrogens with one attached hydrogen (secondary N) is 2. The van der Waals surface area contributed by atoms with E-state index in [1.54, 1.807) is 6.07 Å². The first-order chi connectivity index (χ1) is 8.02. The van der Waals surface area contributed by atoms with Crippen LogP contribution in [0.5, 0.6) is 0 Å². The fourth-order valence-electron chi connectivity index (χ4n) is 1.44. The molecule has 1 aromatic rings. The zero-order valence-corrected chi connectivity index (χ0v) is 11.0. The highest BCUT2D eigenvalue weighted by Gasteiger charge is 2.10. The van der Waals surface area contributed by atoms with Gasteiger partial charge in [-0.2, -0.15) is 0 Å². The predicted octanol–water partition coefficient (Wildman–Crippen LogP) is 2.31. The Bertz CT molecular complexity index is 398. The van der Waals surface area contributed by atoms with E-state index in [0.717, 1.165) is 5.56 Å². The molecule has 2 amide bonds. The average molecular weight is 276 g/mol. The lowest BCUT2D eigenvalue weighted by atomic mass is 10.1. The quantitative estimate of drug-likeness (QED) is 0.722. The Morgan fingerprint density at radius 3 is 2.76 bits per heavy atom. The summed E-state index contributed by atoms with van der Waals surface area (Å²) < 4.78 is 0. The molecule has 0 aliphatic carbocycles. The number of carbonyl (C=O) groups is 1. The number of hydrogen-bond acceptors (Lipinski definition) is 2. The maximum Gasteiger partial charge on any atom is 0.312 e. The van der Waals surface area contributed by atoms with Crippen molar-refractivity contribution < 1.29 is 4.79 Å². The minimum absolute atomic E-state index is 0.0517. The minimum atomic E-state index is -0.528. The van der Waals surface area contributed by atoms with Crippen LogP contribution in [-0.4, -0.2) is 19.1 Å². The monoisotopic (exact) mass is 275 g/mol. The lowest BCUT2D eigenvalue weighted by Crippen LogP contribution is -2.36. The SMILES string of the molecule is CC(NCCNC(N)=O)c1cccc(Cl)c1Cl. The highest BCUT2D eigenvalue weighted by atomic mass is 35.5. The molecule has 0 saturated heterocycles. The maximum atomic E-state index is 10.5. The Hall–Kier alpha value is -0.970. The zero-order valence-electron chi connectivity index (χ0n) is 9.47. The third-order valence-electron chi connectivity index (χ3n) is 2.32. The second-order valence-electron chi connectivity index (χ2n) is 3.61. The van der Waals surface area contributed by atoms with Gasteiger partial charge >= 0.3 is 6.03 Å². The molecule has 17 heavy (non-hydrogen) atoms. The van der Waals surface area contributed by atoms with Crippen LogP contribution >= 0.6 is 23.2 Å². The molecule has 4 nitrogen and oxygen atoms in total. The highest BCUT2D eigenvalue weighted by Crippen LogP contribution is 2.29. The highest BCUT2D eigenvalue weighted by molar-refractivity contribution is 6.42. The first-order valence-corrected chi connectivity index (χ1v) is 5.98. The molecule has 0 heterocycles. The number of benzene rings is 1. The molecule has 0 fully saturated rings. The van der Waals surface area contributed by atoms with E-state index in [1.165, 1.54) is 0 Å². The topological polar surface area (TPSA) is 67.2 Å². The van der Waals surface area contributed by atoms with Crippen LogP contribution in [0.2, 0.25) is 10.0 Å².